The molecule has 286 valence electrons. The Morgan fingerprint density at radius 3 is 2.30 bits per heavy atom. The van der Waals surface area contributed by atoms with Gasteiger partial charge in [-0.15, -0.1) is 0 Å². The predicted molar refractivity (Wildman–Crippen MR) is 211 cm³/mol. The maximum Gasteiger partial charge on any atom is 0.321 e. The number of esters is 2. The van der Waals surface area contributed by atoms with E-state index in [1.54, 1.807) is 0 Å². The Kier molecular flexibility index (Phi) is 11.5. The summed E-state index contributed by atoms with van der Waals surface area (Å²) in [6.07, 6.45) is 15.4. The van der Waals surface area contributed by atoms with E-state index in [1.165, 1.54) is 19.1 Å². The number of fused-ring (bicyclic) bond motifs is 7. The fourth-order valence-electron chi connectivity index (χ4n) is 8.55. The highest BCUT2D eigenvalue weighted by Crippen LogP contribution is 2.48. The predicted octanol–water partition coefficient (Wildman–Crippen LogP) is 6.64. The van der Waals surface area contributed by atoms with Crippen molar-refractivity contribution < 1.29 is 28.7 Å². The molecule has 0 radical (unpaired) electrons. The highest BCUT2D eigenvalue weighted by atomic mass is 16.5. The van der Waals surface area contributed by atoms with E-state index in [9.17, 15) is 19.2 Å². The average Bonchev–Trinajstić information content (AvgIpc) is 3.90. The molecule has 0 amide bonds. The number of carbonyl (C=O) groups is 4. The summed E-state index contributed by atoms with van der Waals surface area (Å²) in [5.41, 5.74) is 11.3. The highest BCUT2D eigenvalue weighted by Gasteiger charge is 2.48. The van der Waals surface area contributed by atoms with Crippen LogP contribution in [0.25, 0.3) is 23.8 Å². The Bertz CT molecular complexity index is 2220. The largest absolute Gasteiger partial charge is 0.468 e. The number of aromatic nitrogens is 3. The summed E-state index contributed by atoms with van der Waals surface area (Å²) in [4.78, 5) is 64.2. The van der Waals surface area contributed by atoms with Crippen LogP contribution in [0.15, 0.2) is 23.0 Å². The number of hydrogen-bond acceptors (Lipinski definition) is 7. The van der Waals surface area contributed by atoms with Gasteiger partial charge in [-0.3, -0.25) is 19.2 Å². The van der Waals surface area contributed by atoms with Gasteiger partial charge in [0.1, 0.15) is 12.5 Å². The lowest BCUT2D eigenvalue weighted by Crippen LogP contribution is -2.25. The van der Waals surface area contributed by atoms with Crippen molar-refractivity contribution in [3.8, 4) is 0 Å². The Hall–Kier alpha value is -5.12. The third kappa shape index (κ3) is 6.98. The van der Waals surface area contributed by atoms with Gasteiger partial charge >= 0.3 is 11.9 Å². The zero-order chi connectivity index (χ0) is 38.8. The SMILES string of the molecule is CCCCC/C(C)=C/COC(=O)CC[C@@H]1/C2=C3/c4[nH]c(c(C)c4C(=O)[C@@H]3C(=O)OC)/C=c3\[nH]/c(c(C=O)c3CC)=C\c3[nH]c(c(C)c3CC)/C=C(\N2)[C@H]1C. The lowest BCUT2D eigenvalue weighted by atomic mass is 9.85. The molecule has 2 aliphatic heterocycles. The standard InChI is InChI=1S/C44H54N4O6/c1-9-12-13-14-23(4)17-18-54-37(50)16-15-29-25(6)32-19-31-24(5)27(10-2)34(45-31)21-36-30(22-49)28(11-3)35(46-36)20-33-26(7)38-42(48-33)39(41(29)47-32)40(43(38)51)44(52)53-8/h17,19-22,25,29,40,45-48H,9-16,18H2,1-8H3/b23-17+,32-19-,35-20-,36-21-,41-39-/t25-,29-,40+/m0/s1. The van der Waals surface area contributed by atoms with Crippen LogP contribution in [0, 0.1) is 31.6 Å². The van der Waals surface area contributed by atoms with Crippen LogP contribution < -0.4 is 16.0 Å². The minimum Gasteiger partial charge on any atom is -0.468 e. The van der Waals surface area contributed by atoms with Gasteiger partial charge in [-0.1, -0.05) is 46.1 Å². The summed E-state index contributed by atoms with van der Waals surface area (Å²) in [6, 6.07) is 0. The Morgan fingerprint density at radius 1 is 0.889 bits per heavy atom. The van der Waals surface area contributed by atoms with Crippen molar-refractivity contribution >= 4 is 47.8 Å². The minimum absolute atomic E-state index is 0.101. The number of Topliss-reactive ketones (excluding diaryl/α,β-unsaturated/α-hetero) is 1. The number of ether oxygens (including phenoxy) is 2. The Labute approximate surface area is 317 Å². The zero-order valence-electron chi connectivity index (χ0n) is 32.9. The molecule has 6 rings (SSSR count). The number of unbranched alkanes of at least 4 members (excludes halogenated alkanes) is 2. The normalized spacial score (nSPS) is 22.5. The molecular weight excluding hydrogens is 681 g/mol. The molecule has 3 aromatic heterocycles. The van der Waals surface area contributed by atoms with Crippen molar-refractivity contribution in [3.63, 3.8) is 0 Å². The maximum absolute atomic E-state index is 14.3. The molecule has 8 bridgehead atoms. The van der Waals surface area contributed by atoms with Gasteiger partial charge < -0.3 is 29.7 Å². The molecule has 5 heterocycles. The van der Waals surface area contributed by atoms with Crippen molar-refractivity contribution in [2.75, 3.05) is 13.7 Å². The van der Waals surface area contributed by atoms with E-state index < -0.39 is 11.9 Å². The van der Waals surface area contributed by atoms with Crippen molar-refractivity contribution in [2.24, 2.45) is 17.8 Å². The summed E-state index contributed by atoms with van der Waals surface area (Å²) in [6.45, 7) is 14.7. The molecular formula is C44H54N4O6. The molecule has 54 heavy (non-hydrogen) atoms. The van der Waals surface area contributed by atoms with Gasteiger partial charge in [-0.2, -0.15) is 0 Å². The molecule has 3 aromatic rings. The van der Waals surface area contributed by atoms with E-state index in [1.807, 2.05) is 32.1 Å². The number of aromatic amines is 3. The Balaban J connectivity index is 1.51. The van der Waals surface area contributed by atoms with Gasteiger partial charge in [0.25, 0.3) is 0 Å². The summed E-state index contributed by atoms with van der Waals surface area (Å²) in [7, 11) is 1.30. The fourth-order valence-corrected chi connectivity index (χ4v) is 8.55. The van der Waals surface area contributed by atoms with Crippen LogP contribution in [-0.4, -0.2) is 52.7 Å². The molecule has 10 heteroatoms. The molecule has 0 unspecified atom stereocenters. The van der Waals surface area contributed by atoms with Gasteiger partial charge in [0.05, 0.1) is 18.2 Å². The number of methoxy groups -OCH3 is 1. The molecule has 0 aromatic carbocycles. The van der Waals surface area contributed by atoms with Crippen LogP contribution in [0.2, 0.25) is 0 Å². The first-order valence-corrected chi connectivity index (χ1v) is 19.5. The molecule has 0 spiro atoms. The quantitative estimate of drug-likeness (QED) is 0.0507. The van der Waals surface area contributed by atoms with Gasteiger partial charge in [-0.25, -0.2) is 0 Å². The molecule has 10 nitrogen and oxygen atoms in total. The zero-order valence-corrected chi connectivity index (χ0v) is 32.9. The molecule has 4 N–H and O–H groups in total. The third-order valence-electron chi connectivity index (χ3n) is 11.7. The first kappa shape index (κ1) is 38.6. The first-order valence-electron chi connectivity index (χ1n) is 19.5. The van der Waals surface area contributed by atoms with Gasteiger partial charge in [-0.05, 0) is 99.4 Å². The van der Waals surface area contributed by atoms with E-state index in [2.05, 4.69) is 61.0 Å². The summed E-state index contributed by atoms with van der Waals surface area (Å²) < 4.78 is 10.9. The first-order chi connectivity index (χ1) is 26.0. The van der Waals surface area contributed by atoms with Gasteiger partial charge in [0.2, 0.25) is 0 Å². The average molecular weight is 735 g/mol. The molecule has 1 fully saturated rings. The number of hydrogen-bond donors (Lipinski definition) is 4. The minimum atomic E-state index is -1.17. The van der Waals surface area contributed by atoms with E-state index in [0.29, 0.717) is 51.8 Å². The number of allylic oxidation sites excluding steroid dienone is 3. The number of H-pyrrole nitrogens is 3. The van der Waals surface area contributed by atoms with Crippen molar-refractivity contribution in [1.82, 2.24) is 20.3 Å². The number of aldehydes is 1. The lowest BCUT2D eigenvalue weighted by Gasteiger charge is -2.19. The summed E-state index contributed by atoms with van der Waals surface area (Å²) in [5, 5.41) is 5.14. The second-order valence-corrected chi connectivity index (χ2v) is 14.9. The monoisotopic (exact) mass is 734 g/mol. The van der Waals surface area contributed by atoms with Crippen LogP contribution >= 0.6 is 0 Å². The van der Waals surface area contributed by atoms with Crippen LogP contribution in [0.3, 0.4) is 0 Å². The smallest absolute Gasteiger partial charge is 0.321 e. The van der Waals surface area contributed by atoms with Crippen LogP contribution in [-0.2, 0) is 31.9 Å². The van der Waals surface area contributed by atoms with Crippen LogP contribution in [0.4, 0.5) is 0 Å². The van der Waals surface area contributed by atoms with Crippen LogP contribution in [0.1, 0.15) is 139 Å². The number of nitrogens with one attached hydrogen (secondary N) is 4. The number of ketones is 1. The second-order valence-electron chi connectivity index (χ2n) is 14.9. The number of carbonyl (C=O) groups excluding carboxylic acids is 4. The molecule has 1 aliphatic carbocycles. The maximum atomic E-state index is 14.3. The highest BCUT2D eigenvalue weighted by molar-refractivity contribution is 6.24. The summed E-state index contributed by atoms with van der Waals surface area (Å²) in [5.74, 6) is -2.76. The van der Waals surface area contributed by atoms with Gasteiger partial charge in [0, 0.05) is 68.8 Å². The van der Waals surface area contributed by atoms with E-state index in [-0.39, 0.29) is 36.6 Å². The van der Waals surface area contributed by atoms with E-state index in [0.717, 1.165) is 76.8 Å². The second kappa shape index (κ2) is 16.1. The van der Waals surface area contributed by atoms with Gasteiger partial charge in [0.15, 0.2) is 12.1 Å². The van der Waals surface area contributed by atoms with Crippen molar-refractivity contribution in [2.45, 2.75) is 99.8 Å². The van der Waals surface area contributed by atoms with E-state index >= 15 is 0 Å². The summed E-state index contributed by atoms with van der Waals surface area (Å²) >= 11 is 0. The molecule has 3 aliphatic rings. The molecule has 1 saturated heterocycles. The molecule has 3 atom stereocenters. The Morgan fingerprint density at radius 2 is 1.61 bits per heavy atom. The molecule has 0 saturated carbocycles. The van der Waals surface area contributed by atoms with Crippen molar-refractivity contribution in [3.05, 3.63) is 89.9 Å². The number of rotatable bonds is 13. The third-order valence-corrected chi connectivity index (χ3v) is 11.7. The van der Waals surface area contributed by atoms with Crippen LogP contribution in [0.5, 0.6) is 0 Å². The fraction of sp³-hybridized carbons (Fsp3) is 0.455. The van der Waals surface area contributed by atoms with Crippen molar-refractivity contribution in [1.29, 1.82) is 0 Å². The topological polar surface area (TPSA) is 146 Å². The van der Waals surface area contributed by atoms with E-state index in [4.69, 9.17) is 9.47 Å². The lowest BCUT2D eigenvalue weighted by molar-refractivity contribution is -0.143.